The molecule has 0 bridgehead atoms. The van der Waals surface area contributed by atoms with E-state index in [0.29, 0.717) is 56.3 Å². The quantitative estimate of drug-likeness (QED) is 0.401. The Morgan fingerprint density at radius 2 is 1.81 bits per heavy atom. The Balaban J connectivity index is 1.39. The lowest BCUT2D eigenvalue weighted by atomic mass is 10.1. The lowest BCUT2D eigenvalue weighted by molar-refractivity contribution is -0.131. The number of amides is 2. The molecule has 1 aliphatic heterocycles. The highest BCUT2D eigenvalue weighted by atomic mass is 35.5. The summed E-state index contributed by atoms with van der Waals surface area (Å²) in [7, 11) is 1.73. The van der Waals surface area contributed by atoms with Crippen molar-refractivity contribution in [1.29, 1.82) is 0 Å². The Labute approximate surface area is 187 Å². The SMILES string of the molecule is CN=C(NCCNC(=O)c1cccnc1)N1CCN(C(=O)Cc2cccc(Cl)c2)CC1. The van der Waals surface area contributed by atoms with E-state index in [1.54, 1.807) is 31.4 Å². The number of aromatic nitrogens is 1. The van der Waals surface area contributed by atoms with Crippen molar-refractivity contribution < 1.29 is 9.59 Å². The average Bonchev–Trinajstić information content (AvgIpc) is 2.80. The molecule has 2 N–H and O–H groups in total. The van der Waals surface area contributed by atoms with Crippen LogP contribution in [0.1, 0.15) is 15.9 Å². The summed E-state index contributed by atoms with van der Waals surface area (Å²) in [5.74, 6) is 0.706. The number of guanidine groups is 1. The predicted molar refractivity (Wildman–Crippen MR) is 121 cm³/mol. The second-order valence-electron chi connectivity index (χ2n) is 7.15. The van der Waals surface area contributed by atoms with Crippen molar-refractivity contribution in [2.45, 2.75) is 6.42 Å². The topological polar surface area (TPSA) is 89.9 Å². The Hall–Kier alpha value is -3.13. The van der Waals surface area contributed by atoms with Gasteiger partial charge in [-0.3, -0.25) is 19.6 Å². The van der Waals surface area contributed by atoms with Crippen LogP contribution in [0, 0.1) is 0 Å². The highest BCUT2D eigenvalue weighted by molar-refractivity contribution is 6.30. The van der Waals surface area contributed by atoms with Gasteiger partial charge >= 0.3 is 0 Å². The van der Waals surface area contributed by atoms with Crippen molar-refractivity contribution in [2.24, 2.45) is 4.99 Å². The van der Waals surface area contributed by atoms with Crippen LogP contribution in [0.15, 0.2) is 53.8 Å². The van der Waals surface area contributed by atoms with E-state index in [0.717, 1.165) is 11.5 Å². The molecule has 8 nitrogen and oxygen atoms in total. The van der Waals surface area contributed by atoms with Crippen LogP contribution in [-0.4, -0.2) is 78.9 Å². The van der Waals surface area contributed by atoms with Gasteiger partial charge in [-0.05, 0) is 29.8 Å². The van der Waals surface area contributed by atoms with Crippen LogP contribution in [0.4, 0.5) is 0 Å². The molecule has 2 heterocycles. The highest BCUT2D eigenvalue weighted by Gasteiger charge is 2.23. The van der Waals surface area contributed by atoms with Gasteiger partial charge in [0.25, 0.3) is 5.91 Å². The van der Waals surface area contributed by atoms with Crippen LogP contribution in [0.3, 0.4) is 0 Å². The molecule has 0 saturated carbocycles. The largest absolute Gasteiger partial charge is 0.354 e. The Kier molecular flexibility index (Phi) is 8.23. The third-order valence-electron chi connectivity index (χ3n) is 5.01. The van der Waals surface area contributed by atoms with E-state index in [9.17, 15) is 9.59 Å². The first-order valence-electron chi connectivity index (χ1n) is 10.2. The van der Waals surface area contributed by atoms with Crippen molar-refractivity contribution in [3.8, 4) is 0 Å². The van der Waals surface area contributed by atoms with E-state index in [1.807, 2.05) is 23.1 Å². The minimum atomic E-state index is -0.156. The van der Waals surface area contributed by atoms with Gasteiger partial charge in [-0.25, -0.2) is 0 Å². The summed E-state index contributed by atoms with van der Waals surface area (Å²) in [5.41, 5.74) is 1.45. The lowest BCUT2D eigenvalue weighted by Gasteiger charge is -2.36. The second-order valence-corrected chi connectivity index (χ2v) is 7.58. The molecule has 0 radical (unpaired) electrons. The molecule has 1 aromatic carbocycles. The number of pyridine rings is 1. The van der Waals surface area contributed by atoms with E-state index in [2.05, 4.69) is 25.5 Å². The first kappa shape index (κ1) is 22.6. The van der Waals surface area contributed by atoms with Crippen molar-refractivity contribution >= 4 is 29.4 Å². The maximum Gasteiger partial charge on any atom is 0.252 e. The molecular weight excluding hydrogens is 416 g/mol. The summed E-state index contributed by atoms with van der Waals surface area (Å²) in [6, 6.07) is 10.9. The highest BCUT2D eigenvalue weighted by Crippen LogP contribution is 2.13. The third kappa shape index (κ3) is 6.68. The minimum absolute atomic E-state index is 0.1000. The summed E-state index contributed by atoms with van der Waals surface area (Å²) < 4.78 is 0. The molecule has 0 unspecified atom stereocenters. The number of hydrogen-bond donors (Lipinski definition) is 2. The van der Waals surface area contributed by atoms with Crippen LogP contribution < -0.4 is 10.6 Å². The number of carbonyl (C=O) groups is 2. The zero-order chi connectivity index (χ0) is 22.1. The Morgan fingerprint density at radius 1 is 1.06 bits per heavy atom. The fourth-order valence-electron chi connectivity index (χ4n) is 3.38. The first-order valence-corrected chi connectivity index (χ1v) is 10.6. The molecule has 1 aliphatic rings. The molecule has 2 amide bonds. The molecule has 31 heavy (non-hydrogen) atoms. The molecule has 0 atom stereocenters. The molecule has 3 rings (SSSR count). The summed E-state index contributed by atoms with van der Waals surface area (Å²) in [5, 5.41) is 6.76. The number of piperazine rings is 1. The van der Waals surface area contributed by atoms with E-state index in [-0.39, 0.29) is 11.8 Å². The monoisotopic (exact) mass is 442 g/mol. The van der Waals surface area contributed by atoms with Gasteiger partial charge in [0.15, 0.2) is 5.96 Å². The van der Waals surface area contributed by atoms with Gasteiger partial charge < -0.3 is 20.4 Å². The maximum atomic E-state index is 12.6. The fourth-order valence-corrected chi connectivity index (χ4v) is 3.60. The molecule has 9 heteroatoms. The molecule has 1 fully saturated rings. The second kappa shape index (κ2) is 11.3. The Morgan fingerprint density at radius 3 is 2.48 bits per heavy atom. The fraction of sp³-hybridized carbons (Fsp3) is 0.364. The van der Waals surface area contributed by atoms with Crippen LogP contribution >= 0.6 is 11.6 Å². The summed E-state index contributed by atoms with van der Waals surface area (Å²) in [6.07, 6.45) is 3.52. The van der Waals surface area contributed by atoms with Crippen LogP contribution in [0.5, 0.6) is 0 Å². The molecule has 1 aromatic heterocycles. The Bertz CT molecular complexity index is 913. The predicted octanol–water partition coefficient (Wildman–Crippen LogP) is 1.43. The third-order valence-corrected chi connectivity index (χ3v) is 5.24. The van der Waals surface area contributed by atoms with Gasteiger partial charge in [0.05, 0.1) is 12.0 Å². The number of nitrogens with one attached hydrogen (secondary N) is 2. The molecular formula is C22H27ClN6O2. The van der Waals surface area contributed by atoms with Gasteiger partial charge in [0, 0.05) is 63.7 Å². The molecule has 1 saturated heterocycles. The van der Waals surface area contributed by atoms with Crippen LogP contribution in [-0.2, 0) is 11.2 Å². The number of aliphatic imine (C=N–C) groups is 1. The molecule has 164 valence electrons. The number of carbonyl (C=O) groups excluding carboxylic acids is 2. The molecule has 0 aliphatic carbocycles. The average molecular weight is 443 g/mol. The molecule has 2 aromatic rings. The number of nitrogens with zero attached hydrogens (tertiary/aromatic N) is 4. The maximum absolute atomic E-state index is 12.6. The van der Waals surface area contributed by atoms with Crippen LogP contribution in [0.25, 0.3) is 0 Å². The van der Waals surface area contributed by atoms with Crippen molar-refractivity contribution in [1.82, 2.24) is 25.4 Å². The van der Waals surface area contributed by atoms with Gasteiger partial charge in [0.1, 0.15) is 0 Å². The smallest absolute Gasteiger partial charge is 0.252 e. The van der Waals surface area contributed by atoms with Gasteiger partial charge in [-0.1, -0.05) is 23.7 Å². The van der Waals surface area contributed by atoms with Gasteiger partial charge in [0.2, 0.25) is 5.91 Å². The van der Waals surface area contributed by atoms with Crippen molar-refractivity contribution in [3.63, 3.8) is 0 Å². The standard InChI is InChI=1S/C22H27ClN6O2/c1-24-22(27-9-8-26-21(31)18-5-3-7-25-16-18)29-12-10-28(11-13-29)20(30)15-17-4-2-6-19(23)14-17/h2-7,14,16H,8-13,15H2,1H3,(H,24,27)(H,26,31). The number of rotatable bonds is 6. The zero-order valence-electron chi connectivity index (χ0n) is 17.6. The lowest BCUT2D eigenvalue weighted by Crippen LogP contribution is -2.54. The summed E-state index contributed by atoms with van der Waals surface area (Å²) in [6.45, 7) is 3.68. The van der Waals surface area contributed by atoms with Crippen LogP contribution in [0.2, 0.25) is 5.02 Å². The normalized spacial score (nSPS) is 14.3. The van der Waals surface area contributed by atoms with E-state index in [1.165, 1.54) is 6.20 Å². The van der Waals surface area contributed by atoms with Crippen molar-refractivity contribution in [2.75, 3.05) is 46.3 Å². The first-order chi connectivity index (χ1) is 15.1. The van der Waals surface area contributed by atoms with Gasteiger partial charge in [-0.15, -0.1) is 0 Å². The number of hydrogen-bond acceptors (Lipinski definition) is 4. The minimum Gasteiger partial charge on any atom is -0.354 e. The summed E-state index contributed by atoms with van der Waals surface area (Å²) in [4.78, 5) is 36.9. The van der Waals surface area contributed by atoms with Crippen molar-refractivity contribution in [3.05, 3.63) is 64.9 Å². The zero-order valence-corrected chi connectivity index (χ0v) is 18.3. The summed E-state index contributed by atoms with van der Waals surface area (Å²) >= 11 is 6.01. The number of benzene rings is 1. The number of halogens is 1. The van der Waals surface area contributed by atoms with E-state index < -0.39 is 0 Å². The van der Waals surface area contributed by atoms with E-state index in [4.69, 9.17) is 11.6 Å². The van der Waals surface area contributed by atoms with Gasteiger partial charge in [-0.2, -0.15) is 0 Å². The molecule has 0 spiro atoms. The van der Waals surface area contributed by atoms with E-state index >= 15 is 0 Å².